The van der Waals surface area contributed by atoms with Crippen LogP contribution in [0, 0.1) is 0 Å². The molecule has 0 N–H and O–H groups in total. The van der Waals surface area contributed by atoms with Crippen molar-refractivity contribution in [3.05, 3.63) is 60.2 Å². The Hall–Kier alpha value is -1.32. The van der Waals surface area contributed by atoms with Crippen molar-refractivity contribution in [2.75, 3.05) is 21.5 Å². The van der Waals surface area contributed by atoms with Crippen LogP contribution in [-0.4, -0.2) is 12.9 Å². The molecule has 1 atom stereocenters. The quantitative estimate of drug-likeness (QED) is 0.587. The van der Waals surface area contributed by atoms with Crippen LogP contribution >= 0.6 is 23.7 Å². The number of hydrogen-bond acceptors (Lipinski definition) is 3. The van der Waals surface area contributed by atoms with Crippen molar-refractivity contribution in [1.29, 1.82) is 0 Å². The van der Waals surface area contributed by atoms with Crippen LogP contribution in [0.2, 0.25) is 0 Å². The van der Waals surface area contributed by atoms with Gasteiger partial charge in [-0.3, -0.25) is 8.61 Å². The molecule has 0 aliphatic carbocycles. The van der Waals surface area contributed by atoms with E-state index in [1.54, 1.807) is 12.1 Å². The lowest BCUT2D eigenvalue weighted by Gasteiger charge is -2.28. The van der Waals surface area contributed by atoms with E-state index < -0.39 is 0 Å². The summed E-state index contributed by atoms with van der Waals surface area (Å²) in [6.45, 7) is 0. The van der Waals surface area contributed by atoms with Crippen LogP contribution < -0.4 is 8.61 Å². The van der Waals surface area contributed by atoms with Crippen molar-refractivity contribution in [3.63, 3.8) is 0 Å². The molecule has 0 aromatic heterocycles. The number of benzene rings is 2. The van der Waals surface area contributed by atoms with Crippen LogP contribution in [0.25, 0.3) is 0 Å². The van der Waals surface area contributed by atoms with E-state index in [2.05, 4.69) is 70.3 Å². The molecule has 0 unspecified atom stereocenters. The first-order chi connectivity index (χ1) is 9.81. The van der Waals surface area contributed by atoms with E-state index in [-0.39, 0.29) is 0 Å². The fourth-order valence-electron chi connectivity index (χ4n) is 2.56. The maximum atomic E-state index is 6.04. The SMILES string of the molecule is CN1SN([C@@H](CCCl)c2ccccc2)c2ccccc21. The van der Waals surface area contributed by atoms with Crippen molar-refractivity contribution >= 4 is 35.1 Å². The predicted molar refractivity (Wildman–Crippen MR) is 89.4 cm³/mol. The van der Waals surface area contributed by atoms with E-state index in [0.717, 1.165) is 6.42 Å². The van der Waals surface area contributed by atoms with Gasteiger partial charge in [-0.25, -0.2) is 0 Å². The van der Waals surface area contributed by atoms with Gasteiger partial charge in [-0.1, -0.05) is 42.5 Å². The molecule has 1 aliphatic rings. The molecular weight excluding hydrogens is 288 g/mol. The summed E-state index contributed by atoms with van der Waals surface area (Å²) in [6, 6.07) is 19.4. The standard InChI is InChI=1S/C16H17ClN2S/c1-18-15-9-5-6-10-16(15)19(20-18)14(11-12-17)13-7-3-2-4-8-13/h2-10,14H,11-12H2,1H3/t14-/m0/s1. The third-order valence-corrected chi connectivity index (χ3v) is 4.81. The molecule has 2 nitrogen and oxygen atoms in total. The molecule has 104 valence electrons. The van der Waals surface area contributed by atoms with Gasteiger partial charge in [0.05, 0.1) is 29.6 Å². The zero-order chi connectivity index (χ0) is 13.9. The number of para-hydroxylation sites is 2. The maximum Gasteiger partial charge on any atom is 0.0736 e. The van der Waals surface area contributed by atoms with Gasteiger partial charge in [-0.05, 0) is 24.1 Å². The molecule has 0 amide bonds. The van der Waals surface area contributed by atoms with Gasteiger partial charge in [-0.2, -0.15) is 0 Å². The van der Waals surface area contributed by atoms with E-state index in [1.165, 1.54) is 16.9 Å². The van der Waals surface area contributed by atoms with E-state index >= 15 is 0 Å². The molecule has 0 radical (unpaired) electrons. The lowest BCUT2D eigenvalue weighted by molar-refractivity contribution is 0.712. The van der Waals surface area contributed by atoms with Crippen LogP contribution in [0.5, 0.6) is 0 Å². The molecule has 1 heterocycles. The first kappa shape index (κ1) is 13.7. The fraction of sp³-hybridized carbons (Fsp3) is 0.250. The zero-order valence-corrected chi connectivity index (χ0v) is 12.9. The highest BCUT2D eigenvalue weighted by molar-refractivity contribution is 8.02. The lowest BCUT2D eigenvalue weighted by Crippen LogP contribution is -2.21. The molecule has 2 aromatic carbocycles. The third kappa shape index (κ3) is 2.48. The Morgan fingerprint density at radius 3 is 2.35 bits per heavy atom. The minimum atomic E-state index is 0.296. The van der Waals surface area contributed by atoms with Gasteiger partial charge in [0.2, 0.25) is 0 Å². The number of alkyl halides is 1. The minimum absolute atomic E-state index is 0.296. The van der Waals surface area contributed by atoms with Crippen molar-refractivity contribution in [2.45, 2.75) is 12.5 Å². The smallest absolute Gasteiger partial charge is 0.0736 e. The van der Waals surface area contributed by atoms with Crippen LogP contribution in [0.1, 0.15) is 18.0 Å². The Morgan fingerprint density at radius 1 is 1.00 bits per heavy atom. The molecule has 0 fully saturated rings. The first-order valence-corrected chi connectivity index (χ1v) is 7.98. The molecule has 20 heavy (non-hydrogen) atoms. The van der Waals surface area contributed by atoms with Gasteiger partial charge in [-0.15, -0.1) is 11.6 Å². The van der Waals surface area contributed by atoms with E-state index in [0.29, 0.717) is 11.9 Å². The molecule has 4 heteroatoms. The second-order valence-electron chi connectivity index (χ2n) is 4.80. The number of fused-ring (bicyclic) bond motifs is 1. The van der Waals surface area contributed by atoms with E-state index in [4.69, 9.17) is 11.6 Å². The Kier molecular flexibility index (Phi) is 4.08. The molecule has 2 aromatic rings. The highest BCUT2D eigenvalue weighted by Crippen LogP contribution is 2.48. The van der Waals surface area contributed by atoms with Crippen molar-refractivity contribution in [2.24, 2.45) is 0 Å². The topological polar surface area (TPSA) is 6.48 Å². The number of rotatable bonds is 4. The van der Waals surface area contributed by atoms with Gasteiger partial charge >= 0.3 is 0 Å². The molecule has 1 aliphatic heterocycles. The molecule has 0 saturated heterocycles. The Bertz CT molecular complexity index is 576. The summed E-state index contributed by atoms with van der Waals surface area (Å²) >= 11 is 7.78. The molecule has 3 rings (SSSR count). The maximum absolute atomic E-state index is 6.04. The third-order valence-electron chi connectivity index (χ3n) is 3.52. The van der Waals surface area contributed by atoms with Crippen molar-refractivity contribution in [1.82, 2.24) is 0 Å². The highest BCUT2D eigenvalue weighted by Gasteiger charge is 2.30. The Balaban J connectivity index is 1.98. The second-order valence-corrected chi connectivity index (χ2v) is 6.28. The highest BCUT2D eigenvalue weighted by atomic mass is 35.5. The fourth-order valence-corrected chi connectivity index (χ4v) is 3.86. The van der Waals surface area contributed by atoms with E-state index in [9.17, 15) is 0 Å². The van der Waals surface area contributed by atoms with Gasteiger partial charge in [0.15, 0.2) is 0 Å². The van der Waals surface area contributed by atoms with Gasteiger partial charge in [0.1, 0.15) is 0 Å². The summed E-state index contributed by atoms with van der Waals surface area (Å²) in [4.78, 5) is 0. The largest absolute Gasteiger partial charge is 0.300 e. The number of anilines is 2. The van der Waals surface area contributed by atoms with Crippen molar-refractivity contribution in [3.8, 4) is 0 Å². The van der Waals surface area contributed by atoms with Crippen LogP contribution in [0.15, 0.2) is 54.6 Å². The zero-order valence-electron chi connectivity index (χ0n) is 11.4. The average molecular weight is 305 g/mol. The minimum Gasteiger partial charge on any atom is -0.300 e. The molecular formula is C16H17ClN2S. The normalized spacial score (nSPS) is 15.3. The van der Waals surface area contributed by atoms with E-state index in [1.807, 2.05) is 0 Å². The number of hydrogen-bond donors (Lipinski definition) is 0. The van der Waals surface area contributed by atoms with Gasteiger partial charge in [0.25, 0.3) is 0 Å². The molecule has 0 bridgehead atoms. The Morgan fingerprint density at radius 2 is 1.65 bits per heavy atom. The predicted octanol–water partition coefficient (Wildman–Crippen LogP) is 4.88. The lowest BCUT2D eigenvalue weighted by atomic mass is 10.0. The van der Waals surface area contributed by atoms with Gasteiger partial charge in [0, 0.05) is 12.9 Å². The van der Waals surface area contributed by atoms with Crippen LogP contribution in [0.4, 0.5) is 11.4 Å². The summed E-state index contributed by atoms with van der Waals surface area (Å²) in [5.74, 6) is 0.655. The monoisotopic (exact) mass is 304 g/mol. The molecule has 0 saturated carbocycles. The first-order valence-electron chi connectivity index (χ1n) is 6.72. The summed E-state index contributed by atoms with van der Waals surface area (Å²) in [5, 5.41) is 0. The van der Waals surface area contributed by atoms with Crippen LogP contribution in [-0.2, 0) is 0 Å². The van der Waals surface area contributed by atoms with Crippen LogP contribution in [0.3, 0.4) is 0 Å². The summed E-state index contributed by atoms with van der Waals surface area (Å²) < 4.78 is 4.58. The summed E-state index contributed by atoms with van der Waals surface area (Å²) in [6.07, 6.45) is 0.931. The summed E-state index contributed by atoms with van der Waals surface area (Å²) in [7, 11) is 2.10. The summed E-state index contributed by atoms with van der Waals surface area (Å²) in [5.41, 5.74) is 3.83. The average Bonchev–Trinajstić information content (AvgIpc) is 2.83. The number of nitrogens with zero attached hydrogens (tertiary/aromatic N) is 2. The number of halogens is 1. The Labute approximate surface area is 129 Å². The molecule has 0 spiro atoms. The second kappa shape index (κ2) is 5.98. The van der Waals surface area contributed by atoms with Crippen molar-refractivity contribution < 1.29 is 0 Å². The van der Waals surface area contributed by atoms with Gasteiger partial charge < -0.3 is 0 Å².